The topological polar surface area (TPSA) is 53.4 Å². The summed E-state index contributed by atoms with van der Waals surface area (Å²) in [5, 5.41) is 9.09. The van der Waals surface area contributed by atoms with Crippen LogP contribution in [0.25, 0.3) is 10.2 Å². The Labute approximate surface area is 142 Å². The van der Waals surface area contributed by atoms with Crippen molar-refractivity contribution in [1.82, 2.24) is 4.98 Å². The van der Waals surface area contributed by atoms with Gasteiger partial charge in [-0.3, -0.25) is 0 Å². The Bertz CT molecular complexity index is 924. The summed E-state index contributed by atoms with van der Waals surface area (Å²) in [6, 6.07) is 10.8. The number of nitrogens with zero attached hydrogens (tertiary/aromatic N) is 2. The van der Waals surface area contributed by atoms with Gasteiger partial charge in [0.05, 0.1) is 21.3 Å². The number of halogens is 1. The van der Waals surface area contributed by atoms with Gasteiger partial charge >= 0.3 is 5.97 Å². The smallest absolute Gasteiger partial charge is 0.338 e. The minimum absolute atomic E-state index is 0.00135. The molecule has 0 aliphatic carbocycles. The molecule has 1 aliphatic rings. The van der Waals surface area contributed by atoms with E-state index in [0.717, 1.165) is 28.9 Å². The van der Waals surface area contributed by atoms with E-state index in [9.17, 15) is 9.18 Å². The first-order valence-electron chi connectivity index (χ1n) is 7.73. The van der Waals surface area contributed by atoms with Gasteiger partial charge in [-0.1, -0.05) is 12.1 Å². The second-order valence-electron chi connectivity index (χ2n) is 5.95. The summed E-state index contributed by atoms with van der Waals surface area (Å²) in [7, 11) is 0. The van der Waals surface area contributed by atoms with Gasteiger partial charge in [0.25, 0.3) is 0 Å². The molecule has 4 rings (SSSR count). The summed E-state index contributed by atoms with van der Waals surface area (Å²) < 4.78 is 15.6. The lowest BCUT2D eigenvalue weighted by Gasteiger charge is -2.19. The SMILES string of the molecule is O=C(O)c1cccc(C2CCN(c3ccc4ncsc4c3)C2)c1F. The molecule has 1 aliphatic heterocycles. The Hall–Kier alpha value is -2.47. The molecule has 4 nitrogen and oxygen atoms in total. The molecule has 1 atom stereocenters. The molecule has 0 spiro atoms. The molecular weight excluding hydrogens is 327 g/mol. The van der Waals surface area contributed by atoms with E-state index in [2.05, 4.69) is 16.0 Å². The average molecular weight is 342 g/mol. The Morgan fingerprint density at radius 3 is 3.04 bits per heavy atom. The number of fused-ring (bicyclic) bond motifs is 1. The van der Waals surface area contributed by atoms with Crippen molar-refractivity contribution in [2.24, 2.45) is 0 Å². The van der Waals surface area contributed by atoms with Gasteiger partial charge in [0, 0.05) is 24.7 Å². The molecule has 1 aromatic heterocycles. The minimum Gasteiger partial charge on any atom is -0.478 e. The molecule has 2 aromatic carbocycles. The first kappa shape index (κ1) is 15.1. The number of thiazole rings is 1. The summed E-state index contributed by atoms with van der Waals surface area (Å²) in [6.45, 7) is 1.51. The Balaban J connectivity index is 1.60. The van der Waals surface area contributed by atoms with Crippen LogP contribution in [-0.4, -0.2) is 29.1 Å². The van der Waals surface area contributed by atoms with Crippen molar-refractivity contribution in [3.63, 3.8) is 0 Å². The standard InChI is InChI=1S/C18H15FN2O2S/c19-17-13(2-1-3-14(17)18(22)23)11-6-7-21(9-11)12-4-5-15-16(8-12)24-10-20-15/h1-5,8,10-11H,6-7,9H2,(H,22,23). The predicted octanol–water partition coefficient (Wildman–Crippen LogP) is 4.13. The third kappa shape index (κ3) is 2.53. The highest BCUT2D eigenvalue weighted by atomic mass is 32.1. The second kappa shape index (κ2) is 5.87. The molecule has 0 bridgehead atoms. The number of rotatable bonds is 3. The fourth-order valence-electron chi connectivity index (χ4n) is 3.32. The van der Waals surface area contributed by atoms with E-state index in [1.54, 1.807) is 23.5 Å². The summed E-state index contributed by atoms with van der Waals surface area (Å²) in [5.74, 6) is -1.82. The van der Waals surface area contributed by atoms with E-state index in [4.69, 9.17) is 5.11 Å². The van der Waals surface area contributed by atoms with Crippen LogP contribution in [0.4, 0.5) is 10.1 Å². The van der Waals surface area contributed by atoms with E-state index in [1.807, 2.05) is 17.6 Å². The highest BCUT2D eigenvalue weighted by Gasteiger charge is 2.28. The molecule has 1 fully saturated rings. The molecule has 0 radical (unpaired) electrons. The van der Waals surface area contributed by atoms with Crippen LogP contribution >= 0.6 is 11.3 Å². The molecule has 2 heterocycles. The van der Waals surface area contributed by atoms with Crippen molar-refractivity contribution in [2.75, 3.05) is 18.0 Å². The number of anilines is 1. The van der Waals surface area contributed by atoms with Crippen LogP contribution < -0.4 is 4.90 Å². The number of hydrogen-bond donors (Lipinski definition) is 1. The number of aromatic nitrogens is 1. The first-order chi connectivity index (χ1) is 11.6. The summed E-state index contributed by atoms with van der Waals surface area (Å²) >= 11 is 1.60. The van der Waals surface area contributed by atoms with Crippen LogP contribution in [0.5, 0.6) is 0 Å². The van der Waals surface area contributed by atoms with Crippen LogP contribution in [0.1, 0.15) is 28.3 Å². The zero-order valence-corrected chi connectivity index (χ0v) is 13.6. The Morgan fingerprint density at radius 2 is 2.21 bits per heavy atom. The largest absolute Gasteiger partial charge is 0.478 e. The van der Waals surface area contributed by atoms with Crippen molar-refractivity contribution in [3.05, 3.63) is 58.9 Å². The predicted molar refractivity (Wildman–Crippen MR) is 92.6 cm³/mol. The van der Waals surface area contributed by atoms with Gasteiger partial charge in [-0.15, -0.1) is 11.3 Å². The van der Waals surface area contributed by atoms with E-state index in [0.29, 0.717) is 12.1 Å². The molecule has 3 aromatic rings. The minimum atomic E-state index is -1.22. The van der Waals surface area contributed by atoms with Crippen molar-refractivity contribution >= 4 is 33.2 Å². The second-order valence-corrected chi connectivity index (χ2v) is 6.84. The number of carbonyl (C=O) groups is 1. The van der Waals surface area contributed by atoms with E-state index >= 15 is 0 Å². The zero-order chi connectivity index (χ0) is 16.7. The Kier molecular flexibility index (Phi) is 3.69. The van der Waals surface area contributed by atoms with E-state index in [-0.39, 0.29) is 11.5 Å². The van der Waals surface area contributed by atoms with Gasteiger partial charge in [-0.25, -0.2) is 14.2 Å². The fourth-order valence-corrected chi connectivity index (χ4v) is 4.03. The molecule has 0 amide bonds. The number of hydrogen-bond acceptors (Lipinski definition) is 4. The maximum atomic E-state index is 14.5. The number of carboxylic acids is 1. The molecule has 122 valence electrons. The van der Waals surface area contributed by atoms with Gasteiger partial charge in [0.2, 0.25) is 0 Å². The van der Waals surface area contributed by atoms with Crippen LogP contribution in [0.15, 0.2) is 41.9 Å². The van der Waals surface area contributed by atoms with Crippen LogP contribution in [0.2, 0.25) is 0 Å². The molecular formula is C18H15FN2O2S. The molecule has 1 unspecified atom stereocenters. The number of carboxylic acid groups (broad SMARTS) is 1. The molecule has 1 N–H and O–H groups in total. The van der Waals surface area contributed by atoms with Crippen molar-refractivity contribution < 1.29 is 14.3 Å². The van der Waals surface area contributed by atoms with Gasteiger partial charge < -0.3 is 10.0 Å². The molecule has 0 saturated carbocycles. The van der Waals surface area contributed by atoms with Gasteiger partial charge in [0.1, 0.15) is 5.82 Å². The lowest BCUT2D eigenvalue weighted by Crippen LogP contribution is -2.19. The summed E-state index contributed by atoms with van der Waals surface area (Å²) in [6.07, 6.45) is 0.806. The van der Waals surface area contributed by atoms with Crippen LogP contribution in [-0.2, 0) is 0 Å². The lowest BCUT2D eigenvalue weighted by molar-refractivity contribution is 0.0691. The van der Waals surface area contributed by atoms with Crippen molar-refractivity contribution in [2.45, 2.75) is 12.3 Å². The number of aromatic carboxylic acids is 1. The average Bonchev–Trinajstić information content (AvgIpc) is 3.23. The summed E-state index contributed by atoms with van der Waals surface area (Å²) in [4.78, 5) is 17.6. The van der Waals surface area contributed by atoms with Crippen LogP contribution in [0.3, 0.4) is 0 Å². The first-order valence-corrected chi connectivity index (χ1v) is 8.61. The van der Waals surface area contributed by atoms with Gasteiger partial charge in [0.15, 0.2) is 0 Å². The van der Waals surface area contributed by atoms with Crippen LogP contribution in [0, 0.1) is 5.82 Å². The lowest BCUT2D eigenvalue weighted by atomic mass is 9.96. The monoisotopic (exact) mass is 342 g/mol. The van der Waals surface area contributed by atoms with Crippen molar-refractivity contribution in [3.8, 4) is 0 Å². The number of benzene rings is 2. The molecule has 1 saturated heterocycles. The third-order valence-corrected chi connectivity index (χ3v) is 5.36. The van der Waals surface area contributed by atoms with Gasteiger partial charge in [-0.2, -0.15) is 0 Å². The molecule has 24 heavy (non-hydrogen) atoms. The highest BCUT2D eigenvalue weighted by Crippen LogP contribution is 2.34. The normalized spacial score (nSPS) is 17.5. The van der Waals surface area contributed by atoms with Crippen molar-refractivity contribution in [1.29, 1.82) is 0 Å². The quantitative estimate of drug-likeness (QED) is 0.778. The fraction of sp³-hybridized carbons (Fsp3) is 0.222. The third-order valence-electron chi connectivity index (χ3n) is 4.57. The zero-order valence-electron chi connectivity index (χ0n) is 12.8. The highest BCUT2D eigenvalue weighted by molar-refractivity contribution is 7.16. The van der Waals surface area contributed by atoms with Gasteiger partial charge in [-0.05, 0) is 36.2 Å². The Morgan fingerprint density at radius 1 is 1.33 bits per heavy atom. The molecule has 6 heteroatoms. The maximum Gasteiger partial charge on any atom is 0.338 e. The maximum absolute atomic E-state index is 14.5. The van der Waals surface area contributed by atoms with E-state index < -0.39 is 11.8 Å². The summed E-state index contributed by atoms with van der Waals surface area (Å²) in [5.41, 5.74) is 4.16. The van der Waals surface area contributed by atoms with E-state index in [1.165, 1.54) is 6.07 Å².